The minimum Gasteiger partial charge on any atom is -0.495 e. The quantitative estimate of drug-likeness (QED) is 0.499. The summed E-state index contributed by atoms with van der Waals surface area (Å²) in [4.78, 5) is 14.6. The van der Waals surface area contributed by atoms with Gasteiger partial charge in [-0.2, -0.15) is 4.99 Å². The van der Waals surface area contributed by atoms with Crippen LogP contribution in [0.15, 0.2) is 33.7 Å². The first-order valence-corrected chi connectivity index (χ1v) is 5.48. The van der Waals surface area contributed by atoms with E-state index in [0.29, 0.717) is 5.75 Å². The van der Waals surface area contributed by atoms with Crippen molar-refractivity contribution in [2.75, 3.05) is 7.11 Å². The van der Waals surface area contributed by atoms with Gasteiger partial charge in [0.05, 0.1) is 11.6 Å². The second-order valence-corrected chi connectivity index (χ2v) is 3.92. The summed E-state index contributed by atoms with van der Waals surface area (Å²) in [5.41, 5.74) is 10.9. The van der Waals surface area contributed by atoms with E-state index in [0.717, 1.165) is 10.0 Å². The van der Waals surface area contributed by atoms with Crippen molar-refractivity contribution in [2.45, 2.75) is 0 Å². The predicted octanol–water partition coefficient (Wildman–Crippen LogP) is 1.27. The first-order valence-electron chi connectivity index (χ1n) is 4.68. The number of carbonyl (C=O) groups is 1. The van der Waals surface area contributed by atoms with Crippen LogP contribution in [0.25, 0.3) is 6.08 Å². The van der Waals surface area contributed by atoms with Crippen molar-refractivity contribution < 1.29 is 9.53 Å². The molecule has 0 spiro atoms. The van der Waals surface area contributed by atoms with E-state index in [-0.39, 0.29) is 5.96 Å². The molecule has 0 bridgehead atoms. The molecule has 0 aliphatic heterocycles. The lowest BCUT2D eigenvalue weighted by Gasteiger charge is -2.06. The summed E-state index contributed by atoms with van der Waals surface area (Å²) in [5, 5.41) is 0. The molecule has 0 unspecified atom stereocenters. The maximum atomic E-state index is 11.2. The minimum absolute atomic E-state index is 0.263. The number of methoxy groups -OCH3 is 1. The van der Waals surface area contributed by atoms with Crippen molar-refractivity contribution in [3.63, 3.8) is 0 Å². The topological polar surface area (TPSA) is 90.7 Å². The van der Waals surface area contributed by atoms with E-state index in [1.807, 2.05) is 18.2 Å². The van der Waals surface area contributed by atoms with Crippen LogP contribution in [0, 0.1) is 0 Å². The highest BCUT2D eigenvalue weighted by Crippen LogP contribution is 2.29. The van der Waals surface area contributed by atoms with E-state index in [4.69, 9.17) is 16.2 Å². The first-order chi connectivity index (χ1) is 8.04. The molecule has 1 aromatic rings. The fraction of sp³-hybridized carbons (Fsp3) is 0.0909. The molecule has 4 N–H and O–H groups in total. The molecular weight excluding hydrogens is 286 g/mol. The number of guanidine groups is 1. The van der Waals surface area contributed by atoms with E-state index < -0.39 is 5.91 Å². The van der Waals surface area contributed by atoms with Crippen molar-refractivity contribution in [3.8, 4) is 5.75 Å². The number of hydrogen-bond donors (Lipinski definition) is 2. The molecule has 1 rings (SSSR count). The van der Waals surface area contributed by atoms with Gasteiger partial charge in [0.1, 0.15) is 5.75 Å². The molecule has 0 saturated heterocycles. The van der Waals surface area contributed by atoms with Gasteiger partial charge in [-0.15, -0.1) is 0 Å². The molecule has 90 valence electrons. The van der Waals surface area contributed by atoms with Crippen molar-refractivity contribution in [1.82, 2.24) is 0 Å². The largest absolute Gasteiger partial charge is 0.495 e. The molecule has 0 aliphatic rings. The zero-order valence-electron chi connectivity index (χ0n) is 9.18. The molecule has 1 amide bonds. The van der Waals surface area contributed by atoms with E-state index in [1.165, 1.54) is 6.08 Å². The fourth-order valence-corrected chi connectivity index (χ4v) is 1.74. The van der Waals surface area contributed by atoms with E-state index in [9.17, 15) is 4.79 Å². The van der Waals surface area contributed by atoms with Crippen LogP contribution in [0.1, 0.15) is 5.56 Å². The summed E-state index contributed by atoms with van der Waals surface area (Å²) in [6.07, 6.45) is 2.85. The van der Waals surface area contributed by atoms with Crippen LogP contribution < -0.4 is 16.2 Å². The zero-order chi connectivity index (χ0) is 12.8. The normalized spacial score (nSPS) is 10.2. The van der Waals surface area contributed by atoms with Gasteiger partial charge in [-0.25, -0.2) is 0 Å². The Hall–Kier alpha value is -1.82. The van der Waals surface area contributed by atoms with Crippen LogP contribution in [0.2, 0.25) is 0 Å². The predicted molar refractivity (Wildman–Crippen MR) is 70.5 cm³/mol. The first kappa shape index (κ1) is 13.2. The molecule has 0 fully saturated rings. The average molecular weight is 298 g/mol. The van der Waals surface area contributed by atoms with Crippen molar-refractivity contribution in [1.29, 1.82) is 0 Å². The van der Waals surface area contributed by atoms with Gasteiger partial charge in [0, 0.05) is 11.6 Å². The number of aliphatic imine (C=N–C) groups is 1. The number of ether oxygens (including phenoxy) is 1. The number of amides is 1. The molecule has 6 heteroatoms. The van der Waals surface area contributed by atoms with E-state index in [1.54, 1.807) is 13.2 Å². The van der Waals surface area contributed by atoms with Gasteiger partial charge in [-0.1, -0.05) is 12.1 Å². The molecule has 1 aromatic carbocycles. The number of hydrogen-bond acceptors (Lipinski definition) is 2. The van der Waals surface area contributed by atoms with Crippen LogP contribution in [-0.2, 0) is 4.79 Å². The molecular formula is C11H12BrN3O2. The summed E-state index contributed by atoms with van der Waals surface area (Å²) in [6, 6.07) is 5.48. The highest BCUT2D eigenvalue weighted by molar-refractivity contribution is 9.10. The number of para-hydroxylation sites is 1. The molecule has 0 saturated carbocycles. The Labute approximate surface area is 107 Å². The highest BCUT2D eigenvalue weighted by Gasteiger charge is 2.04. The van der Waals surface area contributed by atoms with Crippen LogP contribution in [0.4, 0.5) is 0 Å². The van der Waals surface area contributed by atoms with Crippen LogP contribution in [0.3, 0.4) is 0 Å². The number of halogens is 1. The molecule has 17 heavy (non-hydrogen) atoms. The smallest absolute Gasteiger partial charge is 0.272 e. The van der Waals surface area contributed by atoms with Gasteiger partial charge in [-0.3, -0.25) is 4.79 Å². The molecule has 0 aliphatic carbocycles. The summed E-state index contributed by atoms with van der Waals surface area (Å²) in [6.45, 7) is 0. The minimum atomic E-state index is -0.521. The van der Waals surface area contributed by atoms with Gasteiger partial charge in [-0.05, 0) is 28.1 Å². The SMILES string of the molecule is COc1c(Br)cccc1C=CC(=O)N=C(N)N. The van der Waals surface area contributed by atoms with Gasteiger partial charge < -0.3 is 16.2 Å². The Bertz CT molecular complexity index is 480. The van der Waals surface area contributed by atoms with E-state index >= 15 is 0 Å². The summed E-state index contributed by atoms with van der Waals surface area (Å²) in [7, 11) is 1.55. The van der Waals surface area contributed by atoms with Gasteiger partial charge in [0.15, 0.2) is 5.96 Å². The number of benzene rings is 1. The van der Waals surface area contributed by atoms with Crippen molar-refractivity contribution >= 4 is 33.9 Å². The summed E-state index contributed by atoms with van der Waals surface area (Å²) in [5.74, 6) is -0.144. The Morgan fingerprint density at radius 3 is 2.76 bits per heavy atom. The Kier molecular flexibility index (Phi) is 4.71. The van der Waals surface area contributed by atoms with Crippen molar-refractivity contribution in [3.05, 3.63) is 34.3 Å². The van der Waals surface area contributed by atoms with Gasteiger partial charge in [0.25, 0.3) is 5.91 Å². The Balaban J connectivity index is 2.96. The fourth-order valence-electron chi connectivity index (χ4n) is 1.20. The summed E-state index contributed by atoms with van der Waals surface area (Å²) >= 11 is 3.34. The number of nitrogens with two attached hydrogens (primary N) is 2. The third kappa shape index (κ3) is 3.92. The molecule has 5 nitrogen and oxygen atoms in total. The number of carbonyl (C=O) groups excluding carboxylic acids is 1. The lowest BCUT2D eigenvalue weighted by atomic mass is 10.2. The Morgan fingerprint density at radius 1 is 1.47 bits per heavy atom. The maximum absolute atomic E-state index is 11.2. The lowest BCUT2D eigenvalue weighted by Crippen LogP contribution is -2.23. The summed E-state index contributed by atoms with van der Waals surface area (Å²) < 4.78 is 6.00. The second kappa shape index (κ2) is 6.05. The maximum Gasteiger partial charge on any atom is 0.272 e. The average Bonchev–Trinajstić information content (AvgIpc) is 2.25. The van der Waals surface area contributed by atoms with Crippen LogP contribution in [0.5, 0.6) is 5.75 Å². The molecule has 0 aromatic heterocycles. The van der Waals surface area contributed by atoms with E-state index in [2.05, 4.69) is 20.9 Å². The standard InChI is InChI=1S/C11H12BrN3O2/c1-17-10-7(3-2-4-8(10)12)5-6-9(16)15-11(13)14/h2-6H,1H3,(H4,13,14,15,16). The number of rotatable bonds is 3. The van der Waals surface area contributed by atoms with Crippen LogP contribution >= 0.6 is 15.9 Å². The molecule has 0 radical (unpaired) electrons. The molecule has 0 heterocycles. The third-order valence-electron chi connectivity index (χ3n) is 1.85. The van der Waals surface area contributed by atoms with Crippen molar-refractivity contribution in [2.24, 2.45) is 16.5 Å². The third-order valence-corrected chi connectivity index (χ3v) is 2.47. The van der Waals surface area contributed by atoms with Gasteiger partial charge in [0.2, 0.25) is 0 Å². The number of nitrogens with zero attached hydrogens (tertiary/aromatic N) is 1. The van der Waals surface area contributed by atoms with Gasteiger partial charge >= 0.3 is 0 Å². The van der Waals surface area contributed by atoms with Crippen LogP contribution in [-0.4, -0.2) is 19.0 Å². The second-order valence-electron chi connectivity index (χ2n) is 3.07. The zero-order valence-corrected chi connectivity index (χ0v) is 10.8. The lowest BCUT2D eigenvalue weighted by molar-refractivity contribution is -0.113. The Morgan fingerprint density at radius 2 is 2.18 bits per heavy atom. The monoisotopic (exact) mass is 297 g/mol. The molecule has 0 atom stereocenters. The highest BCUT2D eigenvalue weighted by atomic mass is 79.9.